The number of primary amides is 1. The zero-order valence-corrected chi connectivity index (χ0v) is 18.1. The van der Waals surface area contributed by atoms with Crippen LogP contribution in [0.3, 0.4) is 0 Å². The number of benzene rings is 2. The molecule has 2 aromatic rings. The highest BCUT2D eigenvalue weighted by Gasteiger charge is 2.46. The van der Waals surface area contributed by atoms with Crippen LogP contribution in [0, 0.1) is 11.8 Å². The third-order valence-electron chi connectivity index (χ3n) is 6.21. The molecule has 0 radical (unpaired) electrons. The van der Waals surface area contributed by atoms with Gasteiger partial charge in [-0.1, -0.05) is 48.7 Å². The molecule has 2 fully saturated rings. The van der Waals surface area contributed by atoms with Crippen molar-refractivity contribution in [3.8, 4) is 11.1 Å². The van der Waals surface area contributed by atoms with E-state index in [-0.39, 0.29) is 10.8 Å². The summed E-state index contributed by atoms with van der Waals surface area (Å²) in [5.74, 6) is 0.352. The van der Waals surface area contributed by atoms with Crippen LogP contribution in [-0.4, -0.2) is 31.6 Å². The molecule has 3 unspecified atom stereocenters. The number of carbonyl (C=O) groups is 1. The average molecular weight is 449 g/mol. The van der Waals surface area contributed by atoms with E-state index in [4.69, 9.17) is 22.1 Å². The van der Waals surface area contributed by atoms with Gasteiger partial charge in [-0.3, -0.25) is 0 Å². The number of nitrogens with two attached hydrogens (primary N) is 1. The first-order valence-corrected chi connectivity index (χ1v) is 12.0. The largest absolute Gasteiger partial charge is 0.429 e. The van der Waals surface area contributed by atoms with E-state index in [1.165, 1.54) is 4.31 Å². The van der Waals surface area contributed by atoms with Crippen molar-refractivity contribution in [3.05, 3.63) is 53.6 Å². The van der Waals surface area contributed by atoms with Gasteiger partial charge in [0.1, 0.15) is 0 Å². The SMILES string of the molecule is NC(=O)OC1C2CCCCC2CCN1S(=O)(=O)c1ccc(-c2ccc(Cl)cc2)cc1. The third kappa shape index (κ3) is 4.19. The number of hydrogen-bond donors (Lipinski definition) is 1. The Morgan fingerprint density at radius 3 is 2.20 bits per heavy atom. The van der Waals surface area contributed by atoms with Gasteiger partial charge in [0.2, 0.25) is 10.0 Å². The standard InChI is InChI=1S/C22H25ClN2O4S/c23-18-9-5-15(6-10-18)16-7-11-19(12-8-16)30(27,28)25-14-13-17-3-1-2-4-20(17)21(25)29-22(24)26/h5-12,17,20-21H,1-4,13-14H2,(H2,24,26). The summed E-state index contributed by atoms with van der Waals surface area (Å²) in [5, 5.41) is 0.643. The van der Waals surface area contributed by atoms with Gasteiger partial charge >= 0.3 is 6.09 Å². The van der Waals surface area contributed by atoms with Crippen LogP contribution >= 0.6 is 11.6 Å². The van der Waals surface area contributed by atoms with Crippen molar-refractivity contribution < 1.29 is 17.9 Å². The Balaban J connectivity index is 1.62. The molecule has 4 rings (SSSR count). The molecule has 1 aliphatic heterocycles. The van der Waals surface area contributed by atoms with Gasteiger partial charge in [0.05, 0.1) is 4.90 Å². The molecular formula is C22H25ClN2O4S. The molecule has 3 atom stereocenters. The van der Waals surface area contributed by atoms with Crippen LogP contribution in [0.5, 0.6) is 0 Å². The molecule has 2 aromatic carbocycles. The highest BCUT2D eigenvalue weighted by molar-refractivity contribution is 7.89. The van der Waals surface area contributed by atoms with Gasteiger partial charge in [0.25, 0.3) is 0 Å². The van der Waals surface area contributed by atoms with Gasteiger partial charge in [0.15, 0.2) is 6.23 Å². The van der Waals surface area contributed by atoms with Gasteiger partial charge in [-0.25, -0.2) is 13.2 Å². The Hall–Kier alpha value is -2.09. The second kappa shape index (κ2) is 8.57. The number of ether oxygens (including phenoxy) is 1. The quantitative estimate of drug-likeness (QED) is 0.738. The Morgan fingerprint density at radius 2 is 1.57 bits per heavy atom. The van der Waals surface area contributed by atoms with Crippen LogP contribution in [0.2, 0.25) is 5.02 Å². The van der Waals surface area contributed by atoms with Crippen molar-refractivity contribution in [2.45, 2.75) is 43.2 Å². The molecule has 6 nitrogen and oxygen atoms in total. The monoisotopic (exact) mass is 448 g/mol. The zero-order valence-electron chi connectivity index (χ0n) is 16.5. The third-order valence-corrected chi connectivity index (χ3v) is 8.34. The van der Waals surface area contributed by atoms with E-state index in [9.17, 15) is 13.2 Å². The highest BCUT2D eigenvalue weighted by Crippen LogP contribution is 2.42. The van der Waals surface area contributed by atoms with E-state index in [0.717, 1.165) is 43.2 Å². The Bertz CT molecular complexity index is 1010. The minimum atomic E-state index is -3.83. The molecule has 2 N–H and O–H groups in total. The number of fused-ring (bicyclic) bond motifs is 1. The summed E-state index contributed by atoms with van der Waals surface area (Å²) in [6, 6.07) is 14.1. The molecule has 0 aromatic heterocycles. The molecule has 1 heterocycles. The maximum Gasteiger partial charge on any atom is 0.406 e. The number of halogens is 1. The van der Waals surface area contributed by atoms with Crippen LogP contribution in [0.15, 0.2) is 53.4 Å². The van der Waals surface area contributed by atoms with E-state index >= 15 is 0 Å². The normalized spacial score (nSPS) is 24.8. The number of amides is 1. The fraction of sp³-hybridized carbons (Fsp3) is 0.409. The molecule has 8 heteroatoms. The van der Waals surface area contributed by atoms with E-state index in [1.807, 2.05) is 12.1 Å². The van der Waals surface area contributed by atoms with Crippen molar-refractivity contribution in [2.24, 2.45) is 17.6 Å². The van der Waals surface area contributed by atoms with Crippen LogP contribution in [-0.2, 0) is 14.8 Å². The number of nitrogens with zero attached hydrogens (tertiary/aromatic N) is 1. The minimum absolute atomic E-state index is 0.0110. The predicted octanol–water partition coefficient (Wildman–Crippen LogP) is 4.63. The molecule has 1 saturated carbocycles. The van der Waals surface area contributed by atoms with Gasteiger partial charge in [-0.2, -0.15) is 4.31 Å². The van der Waals surface area contributed by atoms with Gasteiger partial charge in [-0.05, 0) is 60.6 Å². The van der Waals surface area contributed by atoms with Crippen molar-refractivity contribution >= 4 is 27.7 Å². The lowest BCUT2D eigenvalue weighted by Gasteiger charge is -2.45. The van der Waals surface area contributed by atoms with Crippen LogP contribution in [0.1, 0.15) is 32.1 Å². The van der Waals surface area contributed by atoms with Crippen molar-refractivity contribution in [1.29, 1.82) is 0 Å². The molecular weight excluding hydrogens is 424 g/mol. The molecule has 1 saturated heterocycles. The average Bonchev–Trinajstić information content (AvgIpc) is 2.74. The summed E-state index contributed by atoms with van der Waals surface area (Å²) in [6.07, 6.45) is 2.99. The van der Waals surface area contributed by atoms with Crippen molar-refractivity contribution in [1.82, 2.24) is 4.31 Å². The lowest BCUT2D eigenvalue weighted by atomic mass is 9.74. The smallest absolute Gasteiger partial charge is 0.406 e. The number of carbonyl (C=O) groups excluding carboxylic acids is 1. The van der Waals surface area contributed by atoms with Gasteiger partial charge in [0, 0.05) is 17.5 Å². The fourth-order valence-electron chi connectivity index (χ4n) is 4.72. The molecule has 0 bridgehead atoms. The van der Waals surface area contributed by atoms with E-state index in [2.05, 4.69) is 0 Å². The second-order valence-corrected chi connectivity index (χ2v) is 10.3. The van der Waals surface area contributed by atoms with Crippen molar-refractivity contribution in [2.75, 3.05) is 6.54 Å². The topological polar surface area (TPSA) is 89.7 Å². The second-order valence-electron chi connectivity index (χ2n) is 7.97. The maximum atomic E-state index is 13.4. The van der Waals surface area contributed by atoms with Crippen LogP contribution in [0.25, 0.3) is 11.1 Å². The lowest BCUT2D eigenvalue weighted by molar-refractivity contribution is -0.0651. The Kier molecular flexibility index (Phi) is 6.04. The first-order chi connectivity index (χ1) is 14.4. The Labute approximate surface area is 182 Å². The summed E-state index contributed by atoms with van der Waals surface area (Å²) in [5.41, 5.74) is 7.13. The first-order valence-electron chi connectivity index (χ1n) is 10.2. The first kappa shape index (κ1) is 21.2. The maximum absolute atomic E-state index is 13.4. The summed E-state index contributed by atoms with van der Waals surface area (Å²) in [7, 11) is -3.83. The summed E-state index contributed by atoms with van der Waals surface area (Å²) < 4.78 is 33.5. The fourth-order valence-corrected chi connectivity index (χ4v) is 6.42. The molecule has 1 amide bonds. The van der Waals surface area contributed by atoms with Gasteiger partial charge < -0.3 is 10.5 Å². The number of piperidine rings is 1. The zero-order chi connectivity index (χ0) is 21.3. The molecule has 1 aliphatic carbocycles. The van der Waals surface area contributed by atoms with E-state index < -0.39 is 22.3 Å². The number of sulfonamides is 1. The van der Waals surface area contributed by atoms with Crippen LogP contribution < -0.4 is 5.73 Å². The molecule has 30 heavy (non-hydrogen) atoms. The van der Waals surface area contributed by atoms with E-state index in [1.54, 1.807) is 36.4 Å². The summed E-state index contributed by atoms with van der Waals surface area (Å²) in [4.78, 5) is 11.7. The van der Waals surface area contributed by atoms with Gasteiger partial charge in [-0.15, -0.1) is 0 Å². The van der Waals surface area contributed by atoms with Crippen LogP contribution in [0.4, 0.5) is 4.79 Å². The number of hydrogen-bond acceptors (Lipinski definition) is 4. The molecule has 0 spiro atoms. The number of rotatable bonds is 4. The minimum Gasteiger partial charge on any atom is -0.429 e. The lowest BCUT2D eigenvalue weighted by Crippen LogP contribution is -2.54. The highest BCUT2D eigenvalue weighted by atomic mass is 35.5. The predicted molar refractivity (Wildman–Crippen MR) is 115 cm³/mol. The summed E-state index contributed by atoms with van der Waals surface area (Å²) >= 11 is 5.94. The molecule has 160 valence electrons. The Morgan fingerprint density at radius 1 is 0.967 bits per heavy atom. The van der Waals surface area contributed by atoms with Crippen molar-refractivity contribution in [3.63, 3.8) is 0 Å². The molecule has 2 aliphatic rings. The summed E-state index contributed by atoms with van der Waals surface area (Å²) in [6.45, 7) is 0.320. The van der Waals surface area contributed by atoms with E-state index in [0.29, 0.717) is 17.5 Å².